The van der Waals surface area contributed by atoms with E-state index in [1.54, 1.807) is 23.1 Å². The molecule has 0 unspecified atom stereocenters. The van der Waals surface area contributed by atoms with Crippen LogP contribution in [0.3, 0.4) is 0 Å². The van der Waals surface area contributed by atoms with Gasteiger partial charge in [-0.15, -0.1) is 0 Å². The number of imide groups is 1. The van der Waals surface area contributed by atoms with Crippen molar-refractivity contribution in [2.24, 2.45) is 0 Å². The Hall–Kier alpha value is -2.57. The topological polar surface area (TPSA) is 98.7 Å². The van der Waals surface area contributed by atoms with E-state index >= 15 is 0 Å². The Morgan fingerprint density at radius 2 is 2.10 bits per heavy atom. The van der Waals surface area contributed by atoms with Crippen molar-refractivity contribution < 1.29 is 19.5 Å². The maximum atomic E-state index is 11.7. The second-order valence-corrected chi connectivity index (χ2v) is 4.45. The SMILES string of the molecule is CNC(=O)NC(=O)CN1CCc2ccc(C(=O)O)cc21. The van der Waals surface area contributed by atoms with Crippen molar-refractivity contribution in [3.8, 4) is 0 Å². The molecule has 0 radical (unpaired) electrons. The van der Waals surface area contributed by atoms with E-state index in [-0.39, 0.29) is 12.1 Å². The Morgan fingerprint density at radius 3 is 2.75 bits per heavy atom. The largest absolute Gasteiger partial charge is 0.478 e. The van der Waals surface area contributed by atoms with Gasteiger partial charge >= 0.3 is 12.0 Å². The molecule has 0 spiro atoms. The first-order valence-electron chi connectivity index (χ1n) is 6.14. The fourth-order valence-electron chi connectivity index (χ4n) is 2.14. The minimum absolute atomic E-state index is 0.0174. The third-order valence-electron chi connectivity index (χ3n) is 3.14. The lowest BCUT2D eigenvalue weighted by molar-refractivity contribution is -0.118. The molecule has 0 aliphatic carbocycles. The zero-order valence-electron chi connectivity index (χ0n) is 11.0. The van der Waals surface area contributed by atoms with Crippen LogP contribution in [-0.2, 0) is 11.2 Å². The molecule has 106 valence electrons. The van der Waals surface area contributed by atoms with Gasteiger partial charge in [-0.1, -0.05) is 6.07 Å². The van der Waals surface area contributed by atoms with E-state index in [0.717, 1.165) is 17.7 Å². The number of carboxylic acids is 1. The van der Waals surface area contributed by atoms with Crippen molar-refractivity contribution in [2.45, 2.75) is 6.42 Å². The molecule has 1 heterocycles. The highest BCUT2D eigenvalue weighted by atomic mass is 16.4. The monoisotopic (exact) mass is 277 g/mol. The van der Waals surface area contributed by atoms with Gasteiger partial charge in [-0.25, -0.2) is 9.59 Å². The fraction of sp³-hybridized carbons (Fsp3) is 0.308. The lowest BCUT2D eigenvalue weighted by atomic mass is 10.1. The van der Waals surface area contributed by atoms with E-state index in [4.69, 9.17) is 5.11 Å². The standard InChI is InChI=1S/C13H15N3O4/c1-14-13(20)15-11(17)7-16-5-4-8-2-3-9(12(18)19)6-10(8)16/h2-3,6H,4-5,7H2,1H3,(H,18,19)(H2,14,15,17,20). The number of carbonyl (C=O) groups is 3. The van der Waals surface area contributed by atoms with Crippen LogP contribution in [0.1, 0.15) is 15.9 Å². The van der Waals surface area contributed by atoms with Crippen LogP contribution in [0.25, 0.3) is 0 Å². The molecule has 1 aliphatic heterocycles. The van der Waals surface area contributed by atoms with Crippen LogP contribution in [-0.4, -0.2) is 43.2 Å². The number of anilines is 1. The Kier molecular flexibility index (Phi) is 3.88. The Balaban J connectivity index is 2.11. The molecule has 0 bridgehead atoms. The fourth-order valence-corrected chi connectivity index (χ4v) is 2.14. The first kappa shape index (κ1) is 13.9. The van der Waals surface area contributed by atoms with Crippen LogP contribution < -0.4 is 15.5 Å². The van der Waals surface area contributed by atoms with E-state index in [2.05, 4.69) is 10.6 Å². The second kappa shape index (κ2) is 5.60. The number of carboxylic acid groups (broad SMARTS) is 1. The summed E-state index contributed by atoms with van der Waals surface area (Å²) in [6, 6.07) is 4.30. The average Bonchev–Trinajstić information content (AvgIpc) is 2.80. The van der Waals surface area contributed by atoms with E-state index in [1.165, 1.54) is 7.05 Å². The Bertz CT molecular complexity index is 571. The zero-order valence-corrected chi connectivity index (χ0v) is 11.0. The quantitative estimate of drug-likeness (QED) is 0.733. The molecule has 1 aromatic rings. The number of nitrogens with one attached hydrogen (secondary N) is 2. The number of hydrogen-bond acceptors (Lipinski definition) is 4. The number of fused-ring (bicyclic) bond motifs is 1. The van der Waals surface area contributed by atoms with Crippen LogP contribution >= 0.6 is 0 Å². The predicted molar refractivity (Wildman–Crippen MR) is 71.9 cm³/mol. The molecular weight excluding hydrogens is 262 g/mol. The van der Waals surface area contributed by atoms with Crippen LogP contribution in [0.5, 0.6) is 0 Å². The molecule has 0 saturated carbocycles. The summed E-state index contributed by atoms with van der Waals surface area (Å²) < 4.78 is 0. The number of rotatable bonds is 3. The molecular formula is C13H15N3O4. The van der Waals surface area contributed by atoms with Crippen LogP contribution in [0.2, 0.25) is 0 Å². The first-order valence-corrected chi connectivity index (χ1v) is 6.14. The summed E-state index contributed by atoms with van der Waals surface area (Å²) in [6.07, 6.45) is 0.752. The number of aromatic carboxylic acids is 1. The van der Waals surface area contributed by atoms with Crippen molar-refractivity contribution in [2.75, 3.05) is 25.0 Å². The summed E-state index contributed by atoms with van der Waals surface area (Å²) in [7, 11) is 1.42. The van der Waals surface area contributed by atoms with E-state index in [1.807, 2.05) is 0 Å². The molecule has 7 heteroatoms. The van der Waals surface area contributed by atoms with Gasteiger partial charge in [0, 0.05) is 19.3 Å². The molecule has 0 atom stereocenters. The molecule has 1 aliphatic rings. The van der Waals surface area contributed by atoms with Gasteiger partial charge in [-0.2, -0.15) is 0 Å². The number of amides is 3. The van der Waals surface area contributed by atoms with Gasteiger partial charge in [0.25, 0.3) is 0 Å². The molecule has 2 rings (SSSR count). The summed E-state index contributed by atoms with van der Waals surface area (Å²) in [5.41, 5.74) is 1.92. The summed E-state index contributed by atoms with van der Waals surface area (Å²) in [4.78, 5) is 35.4. The van der Waals surface area contributed by atoms with E-state index in [0.29, 0.717) is 6.54 Å². The van der Waals surface area contributed by atoms with Crippen LogP contribution in [0.15, 0.2) is 18.2 Å². The van der Waals surface area contributed by atoms with Crippen molar-refractivity contribution in [1.82, 2.24) is 10.6 Å². The number of carbonyl (C=O) groups excluding carboxylic acids is 2. The van der Waals surface area contributed by atoms with Gasteiger partial charge in [-0.05, 0) is 24.1 Å². The number of nitrogens with zero attached hydrogens (tertiary/aromatic N) is 1. The first-order chi connectivity index (χ1) is 9.51. The van der Waals surface area contributed by atoms with Gasteiger partial charge in [0.15, 0.2) is 0 Å². The number of urea groups is 1. The lowest BCUT2D eigenvalue weighted by Crippen LogP contribution is -2.43. The van der Waals surface area contributed by atoms with Crippen molar-refractivity contribution in [3.63, 3.8) is 0 Å². The molecule has 0 saturated heterocycles. The van der Waals surface area contributed by atoms with Gasteiger partial charge in [0.05, 0.1) is 12.1 Å². The lowest BCUT2D eigenvalue weighted by Gasteiger charge is -2.18. The molecule has 7 nitrogen and oxygen atoms in total. The van der Waals surface area contributed by atoms with E-state index in [9.17, 15) is 14.4 Å². The number of hydrogen-bond donors (Lipinski definition) is 3. The predicted octanol–water partition coefficient (Wildman–Crippen LogP) is 0.203. The van der Waals surface area contributed by atoms with Gasteiger partial charge < -0.3 is 15.3 Å². The van der Waals surface area contributed by atoms with Crippen LogP contribution in [0, 0.1) is 0 Å². The minimum Gasteiger partial charge on any atom is -0.478 e. The van der Waals surface area contributed by atoms with Gasteiger partial charge in [0.1, 0.15) is 0 Å². The summed E-state index contributed by atoms with van der Waals surface area (Å²) >= 11 is 0. The summed E-state index contributed by atoms with van der Waals surface area (Å²) in [5.74, 6) is -1.44. The molecule has 1 aromatic carbocycles. The Morgan fingerprint density at radius 1 is 1.35 bits per heavy atom. The highest BCUT2D eigenvalue weighted by Crippen LogP contribution is 2.28. The molecule has 0 aromatic heterocycles. The van der Waals surface area contributed by atoms with Crippen molar-refractivity contribution in [3.05, 3.63) is 29.3 Å². The maximum absolute atomic E-state index is 11.7. The number of benzene rings is 1. The minimum atomic E-state index is -1.01. The van der Waals surface area contributed by atoms with Crippen LogP contribution in [0.4, 0.5) is 10.5 Å². The second-order valence-electron chi connectivity index (χ2n) is 4.45. The smallest absolute Gasteiger partial charge is 0.335 e. The average molecular weight is 277 g/mol. The third-order valence-corrected chi connectivity index (χ3v) is 3.14. The highest BCUT2D eigenvalue weighted by molar-refractivity contribution is 5.97. The van der Waals surface area contributed by atoms with Gasteiger partial charge in [0.2, 0.25) is 5.91 Å². The summed E-state index contributed by atoms with van der Waals surface area (Å²) in [6.45, 7) is 0.642. The maximum Gasteiger partial charge on any atom is 0.335 e. The third kappa shape index (κ3) is 2.87. The van der Waals surface area contributed by atoms with Crippen molar-refractivity contribution in [1.29, 1.82) is 0 Å². The normalized spacial score (nSPS) is 12.8. The molecule has 3 amide bonds. The molecule has 20 heavy (non-hydrogen) atoms. The van der Waals surface area contributed by atoms with Gasteiger partial charge in [-0.3, -0.25) is 10.1 Å². The molecule has 3 N–H and O–H groups in total. The Labute approximate surface area is 115 Å². The molecule has 0 fully saturated rings. The van der Waals surface area contributed by atoms with E-state index < -0.39 is 17.9 Å². The summed E-state index contributed by atoms with van der Waals surface area (Å²) in [5, 5.41) is 13.5. The highest BCUT2D eigenvalue weighted by Gasteiger charge is 2.22. The zero-order chi connectivity index (χ0) is 14.7. The van der Waals surface area contributed by atoms with Crippen molar-refractivity contribution >= 4 is 23.6 Å².